The Morgan fingerprint density at radius 2 is 1.05 bits per heavy atom. The van der Waals surface area contributed by atoms with Gasteiger partial charge in [0.15, 0.2) is 5.75 Å². The second kappa shape index (κ2) is 11.6. The quantitative estimate of drug-likeness (QED) is 0.119. The van der Waals surface area contributed by atoms with Crippen LogP contribution >= 0.6 is 0 Å². The minimum absolute atomic E-state index is 0.103. The number of nitrogen functional groups attached to an aromatic ring is 2. The van der Waals surface area contributed by atoms with E-state index < -0.39 is 0 Å². The largest absolute Gasteiger partial charge is 0.506 e. The van der Waals surface area contributed by atoms with Gasteiger partial charge in [-0.05, 0) is 60.7 Å². The average Bonchev–Trinajstić information content (AvgIpc) is 2.97. The van der Waals surface area contributed by atoms with E-state index in [2.05, 4.69) is 23.7 Å². The molecule has 0 aromatic heterocycles. The standard InChI is InChI=1S/C34H24N2O4/c35-29-18-15-26(21-31(29)37)39-33-20-14-25(13-11-23-7-3-1-4-8-23)34(40-27-16-19-30(36)32(38)22-27)28(33)17-12-24-9-5-2-6-10-24/h1-10,14-16,18-22,37-38H,35-36H2. The fraction of sp³-hybridized carbons (Fsp3) is 0. The highest BCUT2D eigenvalue weighted by Crippen LogP contribution is 2.39. The van der Waals surface area contributed by atoms with Gasteiger partial charge in [-0.2, -0.15) is 0 Å². The van der Waals surface area contributed by atoms with Gasteiger partial charge in [-0.1, -0.05) is 60.1 Å². The third-order valence-electron chi connectivity index (χ3n) is 5.79. The monoisotopic (exact) mass is 524 g/mol. The first kappa shape index (κ1) is 25.7. The van der Waals surface area contributed by atoms with Gasteiger partial charge in [-0.25, -0.2) is 0 Å². The van der Waals surface area contributed by atoms with Crippen LogP contribution in [-0.2, 0) is 0 Å². The number of hydrogen-bond acceptors (Lipinski definition) is 6. The maximum absolute atomic E-state index is 10.2. The molecule has 0 saturated carbocycles. The molecule has 0 heterocycles. The Bertz CT molecular complexity index is 1800. The molecule has 0 aliphatic heterocycles. The van der Waals surface area contributed by atoms with Crippen molar-refractivity contribution in [2.45, 2.75) is 0 Å². The van der Waals surface area contributed by atoms with Crippen LogP contribution in [0.4, 0.5) is 11.4 Å². The van der Waals surface area contributed by atoms with E-state index in [-0.39, 0.29) is 22.9 Å². The van der Waals surface area contributed by atoms with Crippen LogP contribution in [0.15, 0.2) is 109 Å². The molecule has 6 nitrogen and oxygen atoms in total. The van der Waals surface area contributed by atoms with E-state index in [9.17, 15) is 10.2 Å². The van der Waals surface area contributed by atoms with Gasteiger partial charge in [-0.3, -0.25) is 0 Å². The predicted octanol–water partition coefficient (Wildman–Crippen LogP) is 6.65. The Balaban J connectivity index is 1.69. The topological polar surface area (TPSA) is 111 Å². The highest BCUT2D eigenvalue weighted by molar-refractivity contribution is 5.67. The molecule has 5 rings (SSSR count). The minimum Gasteiger partial charge on any atom is -0.506 e. The van der Waals surface area contributed by atoms with Gasteiger partial charge < -0.3 is 31.2 Å². The van der Waals surface area contributed by atoms with Crippen molar-refractivity contribution in [1.29, 1.82) is 0 Å². The summed E-state index contributed by atoms with van der Waals surface area (Å²) in [4.78, 5) is 0. The number of nitrogens with two attached hydrogens (primary N) is 2. The summed E-state index contributed by atoms with van der Waals surface area (Å²) in [7, 11) is 0. The van der Waals surface area contributed by atoms with E-state index in [0.717, 1.165) is 11.1 Å². The Hall–Kier alpha value is -5.98. The van der Waals surface area contributed by atoms with Crippen LogP contribution < -0.4 is 20.9 Å². The maximum Gasteiger partial charge on any atom is 0.162 e. The van der Waals surface area contributed by atoms with Gasteiger partial charge in [-0.15, -0.1) is 0 Å². The molecule has 194 valence electrons. The predicted molar refractivity (Wildman–Crippen MR) is 156 cm³/mol. The summed E-state index contributed by atoms with van der Waals surface area (Å²) < 4.78 is 12.5. The van der Waals surface area contributed by atoms with Crippen molar-refractivity contribution >= 4 is 11.4 Å². The molecule has 0 atom stereocenters. The highest BCUT2D eigenvalue weighted by atomic mass is 16.5. The van der Waals surface area contributed by atoms with Crippen LogP contribution in [0.5, 0.6) is 34.5 Å². The number of phenols is 2. The molecule has 0 saturated heterocycles. The van der Waals surface area contributed by atoms with Gasteiger partial charge in [0.2, 0.25) is 0 Å². The molecular formula is C34H24N2O4. The van der Waals surface area contributed by atoms with E-state index >= 15 is 0 Å². The first-order chi connectivity index (χ1) is 19.5. The Morgan fingerprint density at radius 1 is 0.525 bits per heavy atom. The molecule has 0 aliphatic carbocycles. The van der Waals surface area contributed by atoms with Crippen molar-refractivity contribution in [3.63, 3.8) is 0 Å². The molecule has 40 heavy (non-hydrogen) atoms. The lowest BCUT2D eigenvalue weighted by Crippen LogP contribution is -1.97. The fourth-order valence-electron chi connectivity index (χ4n) is 3.71. The van der Waals surface area contributed by atoms with Gasteiger partial charge in [0, 0.05) is 23.3 Å². The number of anilines is 2. The summed E-state index contributed by atoms with van der Waals surface area (Å²) >= 11 is 0. The van der Waals surface area contributed by atoms with Crippen molar-refractivity contribution in [3.05, 3.63) is 131 Å². The van der Waals surface area contributed by atoms with E-state index in [0.29, 0.717) is 34.1 Å². The molecule has 0 spiro atoms. The van der Waals surface area contributed by atoms with Crippen LogP contribution in [0.1, 0.15) is 22.3 Å². The number of ether oxygens (including phenoxy) is 2. The molecule has 0 unspecified atom stereocenters. The van der Waals surface area contributed by atoms with Crippen LogP contribution in [0, 0.1) is 23.7 Å². The van der Waals surface area contributed by atoms with E-state index in [1.807, 2.05) is 60.7 Å². The lowest BCUT2D eigenvalue weighted by molar-refractivity contribution is 0.443. The lowest BCUT2D eigenvalue weighted by atomic mass is 10.1. The second-order valence-corrected chi connectivity index (χ2v) is 8.69. The zero-order chi connectivity index (χ0) is 27.9. The van der Waals surface area contributed by atoms with Crippen LogP contribution in [0.3, 0.4) is 0 Å². The first-order valence-corrected chi connectivity index (χ1v) is 12.3. The van der Waals surface area contributed by atoms with E-state index in [1.165, 1.54) is 12.1 Å². The number of benzene rings is 5. The maximum atomic E-state index is 10.2. The molecule has 6 heteroatoms. The summed E-state index contributed by atoms with van der Waals surface area (Å²) in [5.74, 6) is 13.8. The smallest absolute Gasteiger partial charge is 0.162 e. The highest BCUT2D eigenvalue weighted by Gasteiger charge is 2.17. The zero-order valence-corrected chi connectivity index (χ0v) is 21.3. The van der Waals surface area contributed by atoms with Crippen LogP contribution in [0.25, 0.3) is 0 Å². The van der Waals surface area contributed by atoms with Gasteiger partial charge in [0.25, 0.3) is 0 Å². The van der Waals surface area contributed by atoms with Crippen molar-refractivity contribution in [3.8, 4) is 58.2 Å². The molecule has 0 fully saturated rings. The van der Waals surface area contributed by atoms with Gasteiger partial charge in [0.1, 0.15) is 34.3 Å². The summed E-state index contributed by atoms with van der Waals surface area (Å²) in [6.45, 7) is 0. The van der Waals surface area contributed by atoms with Gasteiger partial charge in [0.05, 0.1) is 16.9 Å². The van der Waals surface area contributed by atoms with Crippen LogP contribution in [-0.4, -0.2) is 10.2 Å². The SMILES string of the molecule is Nc1ccc(Oc2ccc(C#Cc3ccccc3)c(Oc3ccc(N)c(O)c3)c2C#Cc2ccccc2)cc1O. The van der Waals surface area contributed by atoms with Gasteiger partial charge >= 0.3 is 0 Å². The normalized spacial score (nSPS) is 10.0. The molecule has 0 amide bonds. The zero-order valence-electron chi connectivity index (χ0n) is 21.3. The molecule has 0 radical (unpaired) electrons. The fourth-order valence-corrected chi connectivity index (χ4v) is 3.71. The molecule has 5 aromatic rings. The van der Waals surface area contributed by atoms with Crippen molar-refractivity contribution < 1.29 is 19.7 Å². The summed E-state index contributed by atoms with van der Waals surface area (Å²) in [5.41, 5.74) is 14.6. The minimum atomic E-state index is -0.115. The summed E-state index contributed by atoms with van der Waals surface area (Å²) in [6.07, 6.45) is 0. The van der Waals surface area contributed by atoms with Crippen LogP contribution in [0.2, 0.25) is 0 Å². The third-order valence-corrected chi connectivity index (χ3v) is 5.79. The number of hydrogen-bond donors (Lipinski definition) is 4. The average molecular weight is 525 g/mol. The third kappa shape index (κ3) is 6.11. The molecular weight excluding hydrogens is 500 g/mol. The first-order valence-electron chi connectivity index (χ1n) is 12.3. The van der Waals surface area contributed by atoms with E-state index in [4.69, 9.17) is 20.9 Å². The Morgan fingerprint density at radius 3 is 1.60 bits per heavy atom. The molecule has 6 N–H and O–H groups in total. The second-order valence-electron chi connectivity index (χ2n) is 8.69. The number of phenolic OH excluding ortho intramolecular Hbond substituents is 2. The van der Waals surface area contributed by atoms with Crippen molar-refractivity contribution in [1.82, 2.24) is 0 Å². The molecule has 5 aromatic carbocycles. The molecule has 0 aliphatic rings. The Kier molecular flexibility index (Phi) is 7.44. The lowest BCUT2D eigenvalue weighted by Gasteiger charge is -2.15. The summed E-state index contributed by atoms with van der Waals surface area (Å²) in [5, 5.41) is 20.3. The van der Waals surface area contributed by atoms with E-state index in [1.54, 1.807) is 36.4 Å². The summed E-state index contributed by atoms with van der Waals surface area (Å²) in [6, 6.07) is 31.8. The number of aromatic hydroxyl groups is 2. The van der Waals surface area contributed by atoms with Crippen molar-refractivity contribution in [2.75, 3.05) is 11.5 Å². The van der Waals surface area contributed by atoms with Crippen molar-refractivity contribution in [2.24, 2.45) is 0 Å². The Labute approximate surface area is 232 Å². The molecule has 0 bridgehead atoms. The number of rotatable bonds is 4.